The second kappa shape index (κ2) is 9.10. The average Bonchev–Trinajstić information content (AvgIpc) is 3.32. The van der Waals surface area contributed by atoms with Crippen molar-refractivity contribution in [3.63, 3.8) is 0 Å². The number of hydrogen-bond acceptors (Lipinski definition) is 5. The minimum atomic E-state index is -0.336. The molecule has 2 aromatic heterocycles. The zero-order valence-corrected chi connectivity index (χ0v) is 18.1. The number of amides is 1. The minimum Gasteiger partial charge on any atom is -0.465 e. The van der Waals surface area contributed by atoms with Crippen molar-refractivity contribution in [1.29, 1.82) is 0 Å². The van der Waals surface area contributed by atoms with Crippen LogP contribution in [0.4, 0.5) is 0 Å². The molecule has 0 saturated heterocycles. The highest BCUT2D eigenvalue weighted by Crippen LogP contribution is 2.29. The number of nitrogens with zero attached hydrogens (tertiary/aromatic N) is 1. The number of esters is 1. The Morgan fingerprint density at radius 3 is 2.74 bits per heavy atom. The van der Waals surface area contributed by atoms with Gasteiger partial charge in [0.05, 0.1) is 13.2 Å². The molecule has 1 unspecified atom stereocenters. The lowest BCUT2D eigenvalue weighted by Gasteiger charge is -2.18. The van der Waals surface area contributed by atoms with Crippen LogP contribution >= 0.6 is 11.3 Å². The highest BCUT2D eigenvalue weighted by Gasteiger charge is 2.16. The van der Waals surface area contributed by atoms with Gasteiger partial charge in [-0.3, -0.25) is 9.78 Å². The predicted octanol–water partition coefficient (Wildman–Crippen LogP) is 5.63. The lowest BCUT2D eigenvalue weighted by molar-refractivity contribution is 0.0606. The minimum absolute atomic E-state index is 0.112. The molecule has 0 radical (unpaired) electrons. The Hall–Kier alpha value is -3.51. The van der Waals surface area contributed by atoms with Gasteiger partial charge in [-0.05, 0) is 64.2 Å². The van der Waals surface area contributed by atoms with Crippen LogP contribution in [0.25, 0.3) is 21.9 Å². The molecule has 1 N–H and O–H groups in total. The number of thiophene rings is 1. The number of benzene rings is 2. The summed E-state index contributed by atoms with van der Waals surface area (Å²) in [4.78, 5) is 29.4. The van der Waals surface area contributed by atoms with Crippen molar-refractivity contribution in [2.75, 3.05) is 7.11 Å². The molecule has 0 aliphatic carbocycles. The number of ether oxygens (including phenoxy) is 1. The fourth-order valence-corrected chi connectivity index (χ4v) is 4.35. The SMILES string of the molecule is CCC(NC(=O)c1ccc2cnccc2c1)c1cccc(-c2csc(C(=O)OC)c2)c1. The van der Waals surface area contributed by atoms with Gasteiger partial charge >= 0.3 is 5.97 Å². The van der Waals surface area contributed by atoms with E-state index in [1.54, 1.807) is 12.4 Å². The molecule has 2 heterocycles. The molecule has 0 aliphatic rings. The summed E-state index contributed by atoms with van der Waals surface area (Å²) < 4.78 is 4.80. The Bertz CT molecular complexity index is 1250. The molecule has 4 rings (SSSR count). The summed E-state index contributed by atoms with van der Waals surface area (Å²) in [5, 5.41) is 7.07. The first kappa shape index (κ1) is 20.8. The number of fused-ring (bicyclic) bond motifs is 1. The number of pyridine rings is 1. The fourth-order valence-electron chi connectivity index (χ4n) is 3.52. The smallest absolute Gasteiger partial charge is 0.348 e. The zero-order chi connectivity index (χ0) is 21.8. The van der Waals surface area contributed by atoms with Gasteiger partial charge in [0.25, 0.3) is 5.91 Å². The summed E-state index contributed by atoms with van der Waals surface area (Å²) in [6.45, 7) is 2.05. The van der Waals surface area contributed by atoms with E-state index in [1.165, 1.54) is 18.4 Å². The van der Waals surface area contributed by atoms with Gasteiger partial charge in [0.1, 0.15) is 4.88 Å². The van der Waals surface area contributed by atoms with Gasteiger partial charge in [0.2, 0.25) is 0 Å². The highest BCUT2D eigenvalue weighted by molar-refractivity contribution is 7.12. The van der Waals surface area contributed by atoms with Crippen molar-refractivity contribution in [2.45, 2.75) is 19.4 Å². The first-order chi connectivity index (χ1) is 15.1. The molecule has 5 nitrogen and oxygen atoms in total. The van der Waals surface area contributed by atoms with E-state index >= 15 is 0 Å². The number of carbonyl (C=O) groups excluding carboxylic acids is 2. The van der Waals surface area contributed by atoms with Crippen molar-refractivity contribution in [3.8, 4) is 11.1 Å². The lowest BCUT2D eigenvalue weighted by Crippen LogP contribution is -2.28. The maximum Gasteiger partial charge on any atom is 0.348 e. The van der Waals surface area contributed by atoms with Crippen LogP contribution in [0, 0.1) is 0 Å². The van der Waals surface area contributed by atoms with Crippen LogP contribution in [0.2, 0.25) is 0 Å². The lowest BCUT2D eigenvalue weighted by atomic mass is 9.99. The molecular weight excluding hydrogens is 408 g/mol. The molecule has 0 spiro atoms. The van der Waals surface area contributed by atoms with Crippen LogP contribution in [0.3, 0.4) is 0 Å². The number of nitrogens with one attached hydrogen (secondary N) is 1. The number of carbonyl (C=O) groups is 2. The van der Waals surface area contributed by atoms with Crippen molar-refractivity contribution in [1.82, 2.24) is 10.3 Å². The Kier molecular flexibility index (Phi) is 6.09. The van der Waals surface area contributed by atoms with Crippen molar-refractivity contribution in [3.05, 3.63) is 88.4 Å². The summed E-state index contributed by atoms with van der Waals surface area (Å²) in [6, 6.07) is 17.3. The summed E-state index contributed by atoms with van der Waals surface area (Å²) in [5.74, 6) is -0.447. The second-order valence-electron chi connectivity index (χ2n) is 7.19. The van der Waals surface area contributed by atoms with E-state index in [9.17, 15) is 9.59 Å². The van der Waals surface area contributed by atoms with Crippen LogP contribution in [-0.2, 0) is 4.74 Å². The number of aromatic nitrogens is 1. The molecule has 0 fully saturated rings. The third kappa shape index (κ3) is 4.49. The first-order valence-corrected chi connectivity index (χ1v) is 10.9. The summed E-state index contributed by atoms with van der Waals surface area (Å²) in [7, 11) is 1.38. The van der Waals surface area contributed by atoms with Crippen molar-refractivity contribution in [2.24, 2.45) is 0 Å². The van der Waals surface area contributed by atoms with E-state index in [0.717, 1.165) is 33.9 Å². The third-order valence-corrected chi connectivity index (χ3v) is 6.13. The quantitative estimate of drug-likeness (QED) is 0.403. The number of hydrogen-bond donors (Lipinski definition) is 1. The van der Waals surface area contributed by atoms with Gasteiger partial charge in [-0.2, -0.15) is 0 Å². The summed E-state index contributed by atoms with van der Waals surface area (Å²) >= 11 is 1.36. The topological polar surface area (TPSA) is 68.3 Å². The standard InChI is InChI=1S/C25H22N2O3S/c1-3-22(27-24(28)19-7-8-20-14-26-10-9-17(20)12-19)18-6-4-5-16(11-18)21-13-23(31-15-21)25(29)30-2/h4-15,22H,3H2,1-2H3,(H,27,28). The molecular formula is C25H22N2O3S. The van der Waals surface area contributed by atoms with Crippen LogP contribution in [-0.4, -0.2) is 24.0 Å². The molecule has 0 bridgehead atoms. The molecule has 2 aromatic carbocycles. The van der Waals surface area contributed by atoms with E-state index in [4.69, 9.17) is 4.74 Å². The Morgan fingerprint density at radius 2 is 1.94 bits per heavy atom. The zero-order valence-electron chi connectivity index (χ0n) is 17.3. The van der Waals surface area contributed by atoms with Gasteiger partial charge in [0.15, 0.2) is 0 Å². The molecule has 0 aliphatic heterocycles. The number of methoxy groups -OCH3 is 1. The predicted molar refractivity (Wildman–Crippen MR) is 123 cm³/mol. The average molecular weight is 431 g/mol. The normalized spacial score (nSPS) is 11.8. The van der Waals surface area contributed by atoms with E-state index < -0.39 is 0 Å². The van der Waals surface area contributed by atoms with Gasteiger partial charge in [-0.25, -0.2) is 4.79 Å². The van der Waals surface area contributed by atoms with Gasteiger partial charge in [-0.15, -0.1) is 11.3 Å². The van der Waals surface area contributed by atoms with E-state index in [1.807, 2.05) is 60.8 Å². The van der Waals surface area contributed by atoms with Crippen molar-refractivity contribution >= 4 is 34.0 Å². The van der Waals surface area contributed by atoms with Crippen molar-refractivity contribution < 1.29 is 14.3 Å². The molecule has 4 aromatic rings. The largest absolute Gasteiger partial charge is 0.465 e. The molecule has 6 heteroatoms. The number of rotatable bonds is 6. The summed E-state index contributed by atoms with van der Waals surface area (Å²) in [5.41, 5.74) is 3.59. The Labute approximate surface area is 184 Å². The fraction of sp³-hybridized carbons (Fsp3) is 0.160. The molecule has 156 valence electrons. The Balaban J connectivity index is 1.56. The Morgan fingerprint density at radius 1 is 1.06 bits per heavy atom. The molecule has 1 amide bonds. The maximum absolute atomic E-state index is 12.9. The summed E-state index contributed by atoms with van der Waals surface area (Å²) in [6.07, 6.45) is 4.26. The monoisotopic (exact) mass is 430 g/mol. The van der Waals surface area contributed by atoms with Crippen LogP contribution in [0.5, 0.6) is 0 Å². The third-order valence-electron chi connectivity index (χ3n) is 5.22. The van der Waals surface area contributed by atoms with E-state index in [2.05, 4.69) is 16.4 Å². The molecule has 1 atom stereocenters. The molecule has 0 saturated carbocycles. The maximum atomic E-state index is 12.9. The van der Waals surface area contributed by atoms with Gasteiger partial charge < -0.3 is 10.1 Å². The van der Waals surface area contributed by atoms with Gasteiger partial charge in [-0.1, -0.05) is 31.2 Å². The highest BCUT2D eigenvalue weighted by atomic mass is 32.1. The van der Waals surface area contributed by atoms with E-state index in [-0.39, 0.29) is 17.9 Å². The molecule has 31 heavy (non-hydrogen) atoms. The van der Waals surface area contributed by atoms with Gasteiger partial charge in [0, 0.05) is 23.3 Å². The van der Waals surface area contributed by atoms with Crippen LogP contribution in [0.15, 0.2) is 72.4 Å². The van der Waals surface area contributed by atoms with E-state index in [0.29, 0.717) is 10.4 Å². The van der Waals surface area contributed by atoms with Crippen LogP contribution in [0.1, 0.15) is 45.0 Å². The van der Waals surface area contributed by atoms with Crippen LogP contribution < -0.4 is 5.32 Å². The second-order valence-corrected chi connectivity index (χ2v) is 8.10. The first-order valence-electron chi connectivity index (χ1n) is 10.0.